The molecule has 24 heavy (non-hydrogen) atoms. The molecule has 0 aromatic carbocycles. The maximum absolute atomic E-state index is 13.8. The summed E-state index contributed by atoms with van der Waals surface area (Å²) in [7, 11) is 1.88. The summed E-state index contributed by atoms with van der Waals surface area (Å²) in [5.41, 5.74) is 1.04. The minimum absolute atomic E-state index is 0.00969. The smallest absolute Gasteiger partial charge is 0.314 e. The summed E-state index contributed by atoms with van der Waals surface area (Å²) >= 11 is 0. The molecule has 2 aliphatic rings. The predicted molar refractivity (Wildman–Crippen MR) is 87.2 cm³/mol. The number of ether oxygens (including phenoxy) is 1. The van der Waals surface area contributed by atoms with E-state index >= 15 is 0 Å². The lowest BCUT2D eigenvalue weighted by molar-refractivity contribution is 0.184. The predicted octanol–water partition coefficient (Wildman–Crippen LogP) is 0.668. The highest BCUT2D eigenvalue weighted by atomic mass is 19.1. The normalized spacial score (nSPS) is 27.5. The number of carbonyl (C=O) groups excluding carboxylic acids is 1. The van der Waals surface area contributed by atoms with Gasteiger partial charge in [0.1, 0.15) is 6.17 Å². The zero-order valence-electron chi connectivity index (χ0n) is 14.1. The van der Waals surface area contributed by atoms with Crippen molar-refractivity contribution in [2.45, 2.75) is 31.6 Å². The van der Waals surface area contributed by atoms with Gasteiger partial charge in [0, 0.05) is 58.0 Å². The topological polar surface area (TPSA) is 71.4 Å². The fourth-order valence-electron chi connectivity index (χ4n) is 3.35. The van der Waals surface area contributed by atoms with Crippen LogP contribution < -0.4 is 10.6 Å². The van der Waals surface area contributed by atoms with E-state index in [0.29, 0.717) is 45.1 Å². The quantitative estimate of drug-likeness (QED) is 0.799. The van der Waals surface area contributed by atoms with Crippen LogP contribution in [0.3, 0.4) is 0 Å². The van der Waals surface area contributed by atoms with Crippen molar-refractivity contribution in [1.29, 1.82) is 0 Å². The van der Waals surface area contributed by atoms with Gasteiger partial charge in [0.2, 0.25) is 0 Å². The Morgan fingerprint density at radius 2 is 2.29 bits per heavy atom. The molecule has 8 heteroatoms. The van der Waals surface area contributed by atoms with Crippen molar-refractivity contribution in [1.82, 2.24) is 25.3 Å². The minimum Gasteiger partial charge on any atom is -0.381 e. The summed E-state index contributed by atoms with van der Waals surface area (Å²) in [6.07, 6.45) is 2.34. The SMILES string of the molecule is Cn1nccc1CN1C[C@@H](F)C[C@H]1CNC(=O)NC[C@@H]1CCOC1. The molecule has 0 spiro atoms. The van der Waals surface area contributed by atoms with Gasteiger partial charge in [-0.25, -0.2) is 9.18 Å². The molecule has 2 fully saturated rings. The number of nitrogens with zero attached hydrogens (tertiary/aromatic N) is 3. The first-order valence-corrected chi connectivity index (χ1v) is 8.56. The fraction of sp³-hybridized carbons (Fsp3) is 0.750. The van der Waals surface area contributed by atoms with Crippen LogP contribution >= 0.6 is 0 Å². The molecule has 2 amide bonds. The van der Waals surface area contributed by atoms with Crippen molar-refractivity contribution < 1.29 is 13.9 Å². The van der Waals surface area contributed by atoms with E-state index in [-0.39, 0.29) is 12.1 Å². The monoisotopic (exact) mass is 339 g/mol. The number of hydrogen-bond acceptors (Lipinski definition) is 4. The summed E-state index contributed by atoms with van der Waals surface area (Å²) in [5, 5.41) is 9.89. The Labute approximate surface area is 141 Å². The van der Waals surface area contributed by atoms with Crippen LogP contribution in [0.5, 0.6) is 0 Å². The van der Waals surface area contributed by atoms with Gasteiger partial charge in [-0.3, -0.25) is 9.58 Å². The lowest BCUT2D eigenvalue weighted by Gasteiger charge is -2.24. The molecule has 0 aliphatic carbocycles. The van der Waals surface area contributed by atoms with Crippen molar-refractivity contribution in [3.63, 3.8) is 0 Å². The molecule has 1 aromatic rings. The third-order valence-corrected chi connectivity index (χ3v) is 4.84. The number of rotatable bonds is 6. The molecule has 134 valence electrons. The van der Waals surface area contributed by atoms with E-state index in [4.69, 9.17) is 4.74 Å². The van der Waals surface area contributed by atoms with Crippen LogP contribution in [-0.2, 0) is 18.3 Å². The Balaban J connectivity index is 1.44. The molecule has 1 aromatic heterocycles. The Bertz CT molecular complexity index is 546. The number of amides is 2. The first kappa shape index (κ1) is 17.2. The van der Waals surface area contributed by atoms with Crippen LogP contribution in [0.2, 0.25) is 0 Å². The van der Waals surface area contributed by atoms with Crippen molar-refractivity contribution >= 4 is 6.03 Å². The summed E-state index contributed by atoms with van der Waals surface area (Å²) in [5.74, 6) is 0.402. The molecule has 3 rings (SSSR count). The van der Waals surface area contributed by atoms with Crippen molar-refractivity contribution in [2.24, 2.45) is 13.0 Å². The van der Waals surface area contributed by atoms with Gasteiger partial charge in [0.15, 0.2) is 0 Å². The minimum atomic E-state index is -0.844. The van der Waals surface area contributed by atoms with E-state index in [0.717, 1.165) is 18.7 Å². The molecule has 2 saturated heterocycles. The Kier molecular flexibility index (Phi) is 5.68. The number of carbonyl (C=O) groups is 1. The number of hydrogen-bond donors (Lipinski definition) is 2. The molecule has 3 atom stereocenters. The third-order valence-electron chi connectivity index (χ3n) is 4.84. The van der Waals surface area contributed by atoms with E-state index in [1.165, 1.54) is 0 Å². The third kappa shape index (κ3) is 4.45. The largest absolute Gasteiger partial charge is 0.381 e. The molecular weight excluding hydrogens is 313 g/mol. The molecule has 0 unspecified atom stereocenters. The zero-order valence-corrected chi connectivity index (χ0v) is 14.1. The highest BCUT2D eigenvalue weighted by Gasteiger charge is 2.32. The first-order valence-electron chi connectivity index (χ1n) is 8.56. The molecule has 0 bridgehead atoms. The molecule has 3 heterocycles. The molecule has 2 N–H and O–H groups in total. The van der Waals surface area contributed by atoms with Crippen LogP contribution in [0.15, 0.2) is 12.3 Å². The van der Waals surface area contributed by atoms with Gasteiger partial charge in [-0.05, 0) is 18.9 Å². The number of aromatic nitrogens is 2. The van der Waals surface area contributed by atoms with E-state index in [9.17, 15) is 9.18 Å². The Hall–Kier alpha value is -1.67. The molecule has 0 radical (unpaired) electrons. The second-order valence-electron chi connectivity index (χ2n) is 6.68. The van der Waals surface area contributed by atoms with Gasteiger partial charge in [0.25, 0.3) is 0 Å². The zero-order chi connectivity index (χ0) is 16.9. The molecule has 2 aliphatic heterocycles. The average Bonchev–Trinajstić information content (AvgIpc) is 3.27. The van der Waals surface area contributed by atoms with E-state index < -0.39 is 6.17 Å². The van der Waals surface area contributed by atoms with Crippen molar-refractivity contribution in [3.8, 4) is 0 Å². The maximum Gasteiger partial charge on any atom is 0.314 e. The second kappa shape index (κ2) is 7.94. The first-order chi connectivity index (χ1) is 11.6. The summed E-state index contributed by atoms with van der Waals surface area (Å²) in [6, 6.07) is 1.76. The molecular formula is C16H26FN5O2. The van der Waals surface area contributed by atoms with Gasteiger partial charge in [-0.2, -0.15) is 5.10 Å². The molecule has 0 saturated carbocycles. The number of halogens is 1. The lowest BCUT2D eigenvalue weighted by atomic mass is 10.1. The van der Waals surface area contributed by atoms with Crippen LogP contribution in [0.25, 0.3) is 0 Å². The number of nitrogens with one attached hydrogen (secondary N) is 2. The lowest BCUT2D eigenvalue weighted by Crippen LogP contribution is -2.45. The fourth-order valence-corrected chi connectivity index (χ4v) is 3.35. The highest BCUT2D eigenvalue weighted by Crippen LogP contribution is 2.22. The van der Waals surface area contributed by atoms with E-state index in [1.807, 2.05) is 13.1 Å². The summed E-state index contributed by atoms with van der Waals surface area (Å²) < 4.78 is 20.9. The van der Waals surface area contributed by atoms with Crippen LogP contribution in [0.1, 0.15) is 18.5 Å². The summed E-state index contributed by atoms with van der Waals surface area (Å²) in [4.78, 5) is 14.0. The van der Waals surface area contributed by atoms with E-state index in [2.05, 4.69) is 20.6 Å². The van der Waals surface area contributed by atoms with Gasteiger partial charge in [-0.1, -0.05) is 0 Å². The standard InChI is InChI=1S/C16H26FN5O2/c1-21-14(2-4-20-21)10-22-9-13(17)6-15(22)8-19-16(23)18-7-12-3-5-24-11-12/h2,4,12-13,15H,3,5-11H2,1H3,(H2,18,19,23)/t12-,13-,15-/m0/s1. The second-order valence-corrected chi connectivity index (χ2v) is 6.68. The van der Waals surface area contributed by atoms with Crippen LogP contribution in [0, 0.1) is 5.92 Å². The number of likely N-dealkylation sites (tertiary alicyclic amines) is 1. The summed E-state index contributed by atoms with van der Waals surface area (Å²) in [6.45, 7) is 3.61. The van der Waals surface area contributed by atoms with Crippen molar-refractivity contribution in [3.05, 3.63) is 18.0 Å². The Morgan fingerprint density at radius 1 is 1.46 bits per heavy atom. The molecule has 7 nitrogen and oxygen atoms in total. The van der Waals surface area contributed by atoms with Gasteiger partial charge in [0.05, 0.1) is 12.3 Å². The number of alkyl halides is 1. The van der Waals surface area contributed by atoms with Gasteiger partial charge >= 0.3 is 6.03 Å². The number of urea groups is 1. The van der Waals surface area contributed by atoms with Gasteiger partial charge in [-0.15, -0.1) is 0 Å². The average molecular weight is 339 g/mol. The van der Waals surface area contributed by atoms with Crippen LogP contribution in [0.4, 0.5) is 9.18 Å². The highest BCUT2D eigenvalue weighted by molar-refractivity contribution is 5.73. The maximum atomic E-state index is 13.8. The van der Waals surface area contributed by atoms with Crippen molar-refractivity contribution in [2.75, 3.05) is 32.8 Å². The van der Waals surface area contributed by atoms with Crippen LogP contribution in [-0.4, -0.2) is 65.8 Å². The Morgan fingerprint density at radius 3 is 3.00 bits per heavy atom. The van der Waals surface area contributed by atoms with Gasteiger partial charge < -0.3 is 15.4 Å². The van der Waals surface area contributed by atoms with E-state index in [1.54, 1.807) is 10.9 Å². The number of aryl methyl sites for hydroxylation is 1.